The summed E-state index contributed by atoms with van der Waals surface area (Å²) in [5, 5.41) is 8.91. The zero-order valence-electron chi connectivity index (χ0n) is 10.6. The smallest absolute Gasteiger partial charge is 0.251 e. The van der Waals surface area contributed by atoms with Gasteiger partial charge in [-0.2, -0.15) is 0 Å². The number of halogens is 2. The van der Waals surface area contributed by atoms with Crippen molar-refractivity contribution in [3.8, 4) is 11.8 Å². The summed E-state index contributed by atoms with van der Waals surface area (Å²) in [5.74, 6) is 5.67. The Morgan fingerprint density at radius 2 is 2.05 bits per heavy atom. The number of benzene rings is 1. The van der Waals surface area contributed by atoms with E-state index in [1.807, 2.05) is 24.3 Å². The molecule has 3 nitrogen and oxygen atoms in total. The highest BCUT2D eigenvalue weighted by atomic mass is 19.3. The number of rotatable bonds is 6. The molecule has 0 radical (unpaired) electrons. The van der Waals surface area contributed by atoms with Gasteiger partial charge in [-0.25, -0.2) is 8.78 Å². The minimum atomic E-state index is -2.42. The Bertz CT molecular complexity index is 441. The van der Waals surface area contributed by atoms with Gasteiger partial charge < -0.3 is 10.8 Å². The van der Waals surface area contributed by atoms with E-state index >= 15 is 0 Å². The van der Waals surface area contributed by atoms with Crippen LogP contribution in [0.2, 0.25) is 0 Å². The Morgan fingerprint density at radius 3 is 2.68 bits per heavy atom. The average Bonchev–Trinajstić information content (AvgIpc) is 2.37. The highest BCUT2D eigenvalue weighted by molar-refractivity contribution is 5.41. The maximum Gasteiger partial charge on any atom is 0.251 e. The molecule has 0 saturated heterocycles. The molecule has 0 unspecified atom stereocenters. The summed E-state index contributed by atoms with van der Waals surface area (Å²) in [6, 6.07) is 7.35. The largest absolute Gasteiger partial charge is 0.395 e. The third-order valence-corrected chi connectivity index (χ3v) is 2.55. The van der Waals surface area contributed by atoms with Crippen LogP contribution >= 0.6 is 0 Å². The molecule has 19 heavy (non-hydrogen) atoms. The van der Waals surface area contributed by atoms with Gasteiger partial charge in [-0.15, -0.1) is 0 Å². The van der Waals surface area contributed by atoms with Crippen LogP contribution in [0.5, 0.6) is 0 Å². The first-order valence-corrected chi connectivity index (χ1v) is 6.05. The zero-order valence-corrected chi connectivity index (χ0v) is 10.6. The van der Waals surface area contributed by atoms with Crippen LogP contribution in [0, 0.1) is 11.8 Å². The lowest BCUT2D eigenvalue weighted by molar-refractivity contribution is 0.0746. The fourth-order valence-electron chi connectivity index (χ4n) is 1.74. The van der Waals surface area contributed by atoms with Crippen LogP contribution in [0.15, 0.2) is 24.3 Å². The second-order valence-electron chi connectivity index (χ2n) is 4.01. The average molecular weight is 268 g/mol. The Morgan fingerprint density at radius 1 is 1.32 bits per heavy atom. The van der Waals surface area contributed by atoms with E-state index in [-0.39, 0.29) is 26.2 Å². The van der Waals surface area contributed by atoms with Gasteiger partial charge in [-0.1, -0.05) is 30.0 Å². The van der Waals surface area contributed by atoms with Gasteiger partial charge >= 0.3 is 0 Å². The summed E-state index contributed by atoms with van der Waals surface area (Å²) in [6.45, 7) is 0.289. The molecule has 0 amide bonds. The van der Waals surface area contributed by atoms with E-state index in [2.05, 4.69) is 11.8 Å². The lowest BCUT2D eigenvalue weighted by Gasteiger charge is -2.21. The van der Waals surface area contributed by atoms with Gasteiger partial charge in [0.05, 0.1) is 19.7 Å². The molecule has 0 fully saturated rings. The first-order valence-electron chi connectivity index (χ1n) is 6.05. The fraction of sp³-hybridized carbons (Fsp3) is 0.429. The molecule has 0 aliphatic heterocycles. The predicted molar refractivity (Wildman–Crippen MR) is 70.7 cm³/mol. The Hall–Kier alpha value is -1.48. The van der Waals surface area contributed by atoms with Gasteiger partial charge in [0.25, 0.3) is 6.43 Å². The Kier molecular flexibility index (Phi) is 7.04. The molecule has 1 aromatic carbocycles. The van der Waals surface area contributed by atoms with Crippen LogP contribution in [0.3, 0.4) is 0 Å². The molecule has 0 spiro atoms. The highest BCUT2D eigenvalue weighted by Crippen LogP contribution is 2.11. The van der Waals surface area contributed by atoms with Crippen molar-refractivity contribution in [2.45, 2.75) is 13.0 Å². The van der Waals surface area contributed by atoms with Gasteiger partial charge in [-0.05, 0) is 11.6 Å². The topological polar surface area (TPSA) is 49.5 Å². The van der Waals surface area contributed by atoms with E-state index in [0.717, 1.165) is 11.1 Å². The van der Waals surface area contributed by atoms with Gasteiger partial charge in [0.2, 0.25) is 0 Å². The summed E-state index contributed by atoms with van der Waals surface area (Å²) < 4.78 is 24.9. The summed E-state index contributed by atoms with van der Waals surface area (Å²) in [5.41, 5.74) is 6.97. The maximum atomic E-state index is 12.4. The van der Waals surface area contributed by atoms with Crippen molar-refractivity contribution in [1.29, 1.82) is 0 Å². The van der Waals surface area contributed by atoms with Crippen molar-refractivity contribution in [2.75, 3.05) is 26.2 Å². The quantitative estimate of drug-likeness (QED) is 0.758. The molecule has 0 aliphatic rings. The summed E-state index contributed by atoms with van der Waals surface area (Å²) >= 11 is 0. The van der Waals surface area contributed by atoms with Crippen LogP contribution < -0.4 is 5.73 Å². The number of hydrogen-bond donors (Lipinski definition) is 2. The monoisotopic (exact) mass is 268 g/mol. The van der Waals surface area contributed by atoms with Crippen LogP contribution in [0.1, 0.15) is 11.1 Å². The molecule has 0 aliphatic carbocycles. The summed E-state index contributed by atoms with van der Waals surface area (Å²) in [7, 11) is 0. The molecule has 1 aromatic rings. The fourth-order valence-corrected chi connectivity index (χ4v) is 1.74. The lowest BCUT2D eigenvalue weighted by atomic mass is 10.1. The zero-order chi connectivity index (χ0) is 14.1. The number of aliphatic hydroxyl groups is 1. The van der Waals surface area contributed by atoms with Crippen molar-refractivity contribution >= 4 is 0 Å². The van der Waals surface area contributed by atoms with Gasteiger partial charge in [0.15, 0.2) is 0 Å². The molecule has 3 N–H and O–H groups in total. The van der Waals surface area contributed by atoms with Crippen molar-refractivity contribution in [1.82, 2.24) is 4.90 Å². The van der Waals surface area contributed by atoms with Crippen molar-refractivity contribution in [3.63, 3.8) is 0 Å². The third kappa shape index (κ3) is 5.79. The lowest BCUT2D eigenvalue weighted by Crippen LogP contribution is -2.31. The molecular weight excluding hydrogens is 250 g/mol. The molecule has 0 atom stereocenters. The number of nitrogens with two attached hydrogens (primary N) is 1. The second kappa shape index (κ2) is 8.59. The normalized spacial score (nSPS) is 10.6. The predicted octanol–water partition coefficient (Wildman–Crippen LogP) is 1.06. The van der Waals surface area contributed by atoms with E-state index in [0.29, 0.717) is 6.54 Å². The van der Waals surface area contributed by atoms with Crippen molar-refractivity contribution in [3.05, 3.63) is 35.4 Å². The number of aliphatic hydroxyl groups excluding tert-OH is 1. The molecule has 104 valence electrons. The maximum absolute atomic E-state index is 12.4. The molecule has 0 bridgehead atoms. The highest BCUT2D eigenvalue weighted by Gasteiger charge is 2.13. The molecule has 0 heterocycles. The Balaban J connectivity index is 2.83. The minimum absolute atomic E-state index is 0.149. The van der Waals surface area contributed by atoms with E-state index < -0.39 is 6.43 Å². The van der Waals surface area contributed by atoms with Gasteiger partial charge in [0.1, 0.15) is 0 Å². The number of nitrogens with zero attached hydrogens (tertiary/aromatic N) is 1. The van der Waals surface area contributed by atoms with E-state index in [4.69, 9.17) is 10.8 Å². The van der Waals surface area contributed by atoms with E-state index in [9.17, 15) is 8.78 Å². The van der Waals surface area contributed by atoms with Gasteiger partial charge in [0, 0.05) is 18.7 Å². The number of hydrogen-bond acceptors (Lipinski definition) is 3. The standard InChI is InChI=1S/C14H18F2N2O/c15-14(16)11-18(8-9-19)10-13-5-2-1-4-12(13)6-3-7-17/h1-2,4-5,14,19H,7-11,17H2. The molecule has 1 rings (SSSR count). The van der Waals surface area contributed by atoms with Crippen LogP contribution in [0.25, 0.3) is 0 Å². The van der Waals surface area contributed by atoms with Crippen molar-refractivity contribution in [2.24, 2.45) is 5.73 Å². The van der Waals surface area contributed by atoms with Crippen LogP contribution in [-0.2, 0) is 6.54 Å². The molecule has 0 saturated carbocycles. The van der Waals surface area contributed by atoms with Crippen molar-refractivity contribution < 1.29 is 13.9 Å². The van der Waals surface area contributed by atoms with Gasteiger partial charge in [-0.3, -0.25) is 4.90 Å². The Labute approximate surface area is 112 Å². The molecule has 0 aromatic heterocycles. The SMILES string of the molecule is NCC#Cc1ccccc1CN(CCO)CC(F)F. The number of alkyl halides is 2. The summed E-state index contributed by atoms with van der Waals surface area (Å²) in [6.07, 6.45) is -2.42. The van der Waals surface area contributed by atoms with Crippen LogP contribution in [0.4, 0.5) is 8.78 Å². The summed E-state index contributed by atoms with van der Waals surface area (Å²) in [4.78, 5) is 1.51. The molecular formula is C14H18F2N2O. The minimum Gasteiger partial charge on any atom is -0.395 e. The van der Waals surface area contributed by atoms with E-state index in [1.54, 1.807) is 0 Å². The van der Waals surface area contributed by atoms with E-state index in [1.165, 1.54) is 4.90 Å². The third-order valence-electron chi connectivity index (χ3n) is 2.55. The first-order chi connectivity index (χ1) is 9.17. The second-order valence-corrected chi connectivity index (χ2v) is 4.01. The molecule has 5 heteroatoms. The van der Waals surface area contributed by atoms with Crippen LogP contribution in [-0.4, -0.2) is 42.7 Å². The first kappa shape index (κ1) is 15.6.